The van der Waals surface area contributed by atoms with Crippen LogP contribution in [0.2, 0.25) is 0 Å². The molecule has 14 atom stereocenters. The average molecular weight is 1320 g/mol. The molecular weight excluding hydrogens is 1200 g/mol. The third-order valence-electron chi connectivity index (χ3n) is 18.1. The van der Waals surface area contributed by atoms with Crippen molar-refractivity contribution < 1.29 is 57.8 Å². The summed E-state index contributed by atoms with van der Waals surface area (Å²) in [6.07, 6.45) is 6.16. The lowest BCUT2D eigenvalue weighted by molar-refractivity contribution is -0.157. The van der Waals surface area contributed by atoms with E-state index >= 15 is 28.8 Å². The molecule has 94 heavy (non-hydrogen) atoms. The molecule has 1 aromatic rings. The number of hydrogen-bond acceptors (Lipinski definition) is 14. The van der Waals surface area contributed by atoms with E-state index in [9.17, 15) is 29.1 Å². The Labute approximate surface area is 561 Å². The fourth-order valence-corrected chi connectivity index (χ4v) is 12.3. The summed E-state index contributed by atoms with van der Waals surface area (Å²) < 4.78 is 0. The zero-order valence-electron chi connectivity index (χ0n) is 61.3. The first-order chi connectivity index (χ1) is 43.6. The largest absolute Gasteiger partial charge is 0.390 e. The molecule has 1 fully saturated rings. The Morgan fingerprint density at radius 1 is 0.532 bits per heavy atom. The first-order valence-corrected chi connectivity index (χ1v) is 33.6. The van der Waals surface area contributed by atoms with E-state index in [-0.39, 0.29) is 50.0 Å². The molecule has 0 aromatic carbocycles. The van der Waals surface area contributed by atoms with Crippen LogP contribution in [0.4, 0.5) is 0 Å². The summed E-state index contributed by atoms with van der Waals surface area (Å²) >= 11 is 0. The molecule has 0 spiro atoms. The van der Waals surface area contributed by atoms with Crippen molar-refractivity contribution in [2.75, 3.05) is 62.9 Å². The van der Waals surface area contributed by atoms with Crippen molar-refractivity contribution in [3.05, 3.63) is 42.2 Å². The number of nitrogens with one attached hydrogen (secondary N) is 4. The summed E-state index contributed by atoms with van der Waals surface area (Å²) in [5.74, 6) is -10.5. The van der Waals surface area contributed by atoms with E-state index in [0.717, 1.165) is 15.4 Å². The zero-order chi connectivity index (χ0) is 72.2. The second-order valence-electron chi connectivity index (χ2n) is 28.3. The van der Waals surface area contributed by atoms with Crippen LogP contribution in [-0.4, -0.2) is 250 Å². The lowest BCUT2D eigenvalue weighted by Gasteiger charge is -2.41. The fourth-order valence-electron chi connectivity index (χ4n) is 12.3. The number of aliphatic hydroxyl groups is 1. The van der Waals surface area contributed by atoms with Gasteiger partial charge in [-0.3, -0.25) is 57.7 Å². The highest BCUT2D eigenvalue weighted by atomic mass is 16.3. The molecule has 1 aliphatic rings. The summed E-state index contributed by atoms with van der Waals surface area (Å²) in [4.78, 5) is 178. The predicted molar refractivity (Wildman–Crippen MR) is 363 cm³/mol. The standard InChI is InChI=1S/C69H119N13O12/c1-26-28-30-44(13)58(83)57-62(87)73-50(27-2)65(90)76(19)48(17)64(89)81(24)56(45(14)37-75(18)38-49-31-29-32-70-36-49)61(86)74-54(42(9)10)68(93)77(20)51(33-39(3)4)60(85)71-46(15)59(84)72-47(16)63(88)78(21)52(34-40(5)6)66(91)79(22)53(35-41(7)8)67(92)80(23)55(43(11)12)69(94)82(57)25/h26,28-29,31-32,36,39-48,50-58,83H,27,30,33-35,37-38H2,1-25H3,(H,71,85)(H,72,84)(H,73,87)(H,74,86)/b28-26+/t44-,45-,46+,47-,48-,50+,51+,52+,53+,54+,55+,56+,57+,58-/m1/s1. The van der Waals surface area contributed by atoms with E-state index in [1.807, 2.05) is 65.6 Å². The molecule has 0 saturated carbocycles. The third-order valence-corrected chi connectivity index (χ3v) is 18.1. The fraction of sp³-hybridized carbons (Fsp3) is 0.739. The van der Waals surface area contributed by atoms with Crippen LogP contribution in [0.3, 0.4) is 0 Å². The summed E-state index contributed by atoms with van der Waals surface area (Å²) in [5.41, 5.74) is 0.889. The van der Waals surface area contributed by atoms with Gasteiger partial charge in [0.1, 0.15) is 66.5 Å². The molecule has 25 heteroatoms. The van der Waals surface area contributed by atoms with Gasteiger partial charge in [0, 0.05) is 74.8 Å². The molecule has 0 unspecified atom stereocenters. The summed E-state index contributed by atoms with van der Waals surface area (Å²) in [6, 6.07) is -10.3. The maximum Gasteiger partial charge on any atom is 0.246 e. The van der Waals surface area contributed by atoms with Crippen molar-refractivity contribution in [2.45, 2.75) is 229 Å². The lowest BCUT2D eigenvalue weighted by atomic mass is 9.91. The normalized spacial score (nSPS) is 26.6. The molecule has 0 bridgehead atoms. The van der Waals surface area contributed by atoms with Crippen molar-refractivity contribution in [3.8, 4) is 0 Å². The van der Waals surface area contributed by atoms with Crippen molar-refractivity contribution in [1.82, 2.24) is 65.5 Å². The van der Waals surface area contributed by atoms with Gasteiger partial charge in [-0.1, -0.05) is 108 Å². The van der Waals surface area contributed by atoms with Crippen LogP contribution in [-0.2, 0) is 59.3 Å². The van der Waals surface area contributed by atoms with Gasteiger partial charge < -0.3 is 65.6 Å². The third kappa shape index (κ3) is 22.6. The van der Waals surface area contributed by atoms with Crippen molar-refractivity contribution in [2.24, 2.45) is 41.4 Å². The Bertz CT molecular complexity index is 2750. The number of aliphatic hydroxyl groups excluding tert-OH is 1. The van der Waals surface area contributed by atoms with E-state index < -0.39 is 161 Å². The highest BCUT2D eigenvalue weighted by Gasteiger charge is 2.46. The number of carbonyl (C=O) groups is 11. The van der Waals surface area contributed by atoms with Gasteiger partial charge in [0.2, 0.25) is 65.0 Å². The summed E-state index contributed by atoms with van der Waals surface area (Å²) in [5, 5.41) is 23.4. The number of likely N-dealkylation sites (N-methyl/N-ethyl adjacent to an activating group) is 7. The topological polar surface area (TPSA) is 295 Å². The minimum atomic E-state index is -1.64. The highest BCUT2D eigenvalue weighted by molar-refractivity contribution is 6.00. The molecule has 1 saturated heterocycles. The SMILES string of the molecule is C/C=C/C[C@@H](C)[C@@H](O)[C@H]1C(=O)N[C@@H](CC)C(=O)N(C)[C@H](C)C(=O)N(C)[C@@H]([C@H](C)CN(C)Cc2cccnc2)C(=O)N[C@@H](C(C)C)C(=O)N(C)[C@@H](CC(C)C)C(=O)N[C@@H](C)C(=O)N[C@H](C)C(=O)N(C)[C@@H](CC(C)C)C(=O)N(C)[C@@H](CC(C)C)C(=O)N(C)[C@@H](C(C)C)C(=O)N1C. The van der Waals surface area contributed by atoms with Crippen LogP contribution < -0.4 is 21.3 Å². The molecule has 25 nitrogen and oxygen atoms in total. The van der Waals surface area contributed by atoms with Gasteiger partial charge >= 0.3 is 0 Å². The Kier molecular flexibility index (Phi) is 33.5. The summed E-state index contributed by atoms with van der Waals surface area (Å²) in [6.45, 7) is 30.1. The van der Waals surface area contributed by atoms with Crippen LogP contribution in [0.5, 0.6) is 0 Å². The molecular formula is C69H119N13O12. The van der Waals surface area contributed by atoms with Gasteiger partial charge in [-0.15, -0.1) is 0 Å². The van der Waals surface area contributed by atoms with E-state index in [0.29, 0.717) is 13.0 Å². The van der Waals surface area contributed by atoms with E-state index in [2.05, 4.69) is 26.3 Å². The number of allylic oxidation sites excluding steroid dienone is 2. The molecule has 532 valence electrons. The molecule has 11 amide bonds. The Morgan fingerprint density at radius 3 is 1.50 bits per heavy atom. The van der Waals surface area contributed by atoms with E-state index in [4.69, 9.17) is 0 Å². The van der Waals surface area contributed by atoms with E-state index in [1.54, 1.807) is 79.9 Å². The zero-order valence-corrected chi connectivity index (χ0v) is 61.3. The smallest absolute Gasteiger partial charge is 0.246 e. The molecule has 2 rings (SSSR count). The maximum atomic E-state index is 15.3. The number of carbonyl (C=O) groups excluding carboxylic acids is 11. The lowest BCUT2D eigenvalue weighted by Crippen LogP contribution is -2.64. The predicted octanol–water partition coefficient (Wildman–Crippen LogP) is 3.77. The second kappa shape index (κ2) is 37.9. The first kappa shape index (κ1) is 83.1. The monoisotopic (exact) mass is 1320 g/mol. The number of hydrogen-bond donors (Lipinski definition) is 5. The van der Waals surface area contributed by atoms with Crippen LogP contribution >= 0.6 is 0 Å². The van der Waals surface area contributed by atoms with Crippen LogP contribution in [0.15, 0.2) is 36.7 Å². The van der Waals surface area contributed by atoms with Crippen molar-refractivity contribution >= 4 is 65.0 Å². The van der Waals surface area contributed by atoms with Gasteiger partial charge in [-0.2, -0.15) is 0 Å². The highest BCUT2D eigenvalue weighted by Crippen LogP contribution is 2.26. The Balaban J connectivity index is 3.07. The maximum absolute atomic E-state index is 15.3. The van der Waals surface area contributed by atoms with Gasteiger partial charge in [-0.05, 0) is 120 Å². The minimum absolute atomic E-state index is 0.00523. The van der Waals surface area contributed by atoms with Gasteiger partial charge in [0.15, 0.2) is 0 Å². The van der Waals surface area contributed by atoms with Crippen LogP contribution in [0.25, 0.3) is 0 Å². The number of rotatable bonds is 18. The number of pyridine rings is 1. The first-order valence-electron chi connectivity index (χ1n) is 33.6. The molecule has 5 N–H and O–H groups in total. The summed E-state index contributed by atoms with van der Waals surface area (Å²) in [7, 11) is 11.8. The Morgan fingerprint density at radius 2 is 1.01 bits per heavy atom. The molecule has 0 aliphatic carbocycles. The molecule has 2 heterocycles. The number of aromatic nitrogens is 1. The second-order valence-corrected chi connectivity index (χ2v) is 28.3. The quantitative estimate of drug-likeness (QED) is 0.131. The average Bonchev–Trinajstić information content (AvgIpc) is 0.810. The van der Waals surface area contributed by atoms with Crippen LogP contribution in [0.1, 0.15) is 155 Å². The van der Waals surface area contributed by atoms with Gasteiger partial charge in [0.25, 0.3) is 0 Å². The molecule has 1 aromatic heterocycles. The van der Waals surface area contributed by atoms with E-state index in [1.165, 1.54) is 94.6 Å². The van der Waals surface area contributed by atoms with Crippen molar-refractivity contribution in [3.63, 3.8) is 0 Å². The van der Waals surface area contributed by atoms with Crippen molar-refractivity contribution in [1.29, 1.82) is 0 Å². The van der Waals surface area contributed by atoms with Crippen LogP contribution in [0, 0.1) is 41.4 Å². The van der Waals surface area contributed by atoms with Gasteiger partial charge in [-0.25, -0.2) is 0 Å². The number of nitrogens with zero attached hydrogens (tertiary/aromatic N) is 9. The van der Waals surface area contributed by atoms with Gasteiger partial charge in [0.05, 0.1) is 6.10 Å². The minimum Gasteiger partial charge on any atom is -0.390 e. The molecule has 0 radical (unpaired) electrons. The molecule has 1 aliphatic heterocycles. The Hall–Kier alpha value is -7.02. The number of amides is 11.